The molecule has 0 spiro atoms. The largest absolute Gasteiger partial charge is 0.563 e. The lowest BCUT2D eigenvalue weighted by Gasteiger charge is -2.29. The van der Waals surface area contributed by atoms with E-state index in [4.69, 9.17) is 128 Å². The summed E-state index contributed by atoms with van der Waals surface area (Å²) in [7, 11) is -94.7. The lowest BCUT2D eigenvalue weighted by atomic mass is 11.9. The van der Waals surface area contributed by atoms with Gasteiger partial charge in [-0.1, -0.05) is 0 Å². The molecular weight excluding hydrogens is 1720 g/mol. The monoisotopic (exact) mass is 1760 g/mol. The van der Waals surface area contributed by atoms with Crippen LogP contribution in [0, 0.1) is 0 Å². The fraction of sp³-hybridized carbons (Fsp3) is 1.00. The van der Waals surface area contributed by atoms with Crippen molar-refractivity contribution in [1.82, 2.24) is 0 Å². The summed E-state index contributed by atoms with van der Waals surface area (Å²) in [5.74, 6) is 0. The minimum Gasteiger partial charge on any atom is -0.414 e. The van der Waals surface area contributed by atoms with Gasteiger partial charge < -0.3 is 213 Å². The van der Waals surface area contributed by atoms with Crippen molar-refractivity contribution in [3.05, 3.63) is 0 Å². The zero-order chi connectivity index (χ0) is 65.1. The molecule has 0 amide bonds. The topological polar surface area (TPSA) is 639 Å². The maximum atomic E-state index is 10.9. The molecule has 0 aromatic carbocycles. The number of hydrogen-bond acceptors (Lipinski definition) is 49. The fourth-order valence-corrected chi connectivity index (χ4v) is 50.4. The van der Waals surface area contributed by atoms with E-state index in [-0.39, 0.29) is 0 Å². The standard InChI is InChI=1S/C8H41O49Si30/c1-59(9)28-71(18)34-64(6)36-80-37-65(7)35-74(21)45-84-49-77(24)43-76(23)48-83(50-78(25)51-87(53-80)57-84)44-73(20)33-63(5)31-70(17)27-58-26-61(3)30-62(4)32-72(19)46-85-52-79(29-60(2)10)38-66(8)39-81(41-68(13)14)54-86(47-75(22)40-67(11)12)56-82(55-85)42-69(15)16/h9-25H,1-8H3. The summed E-state index contributed by atoms with van der Waals surface area (Å²) in [6, 6.07) is 0. The number of rotatable bonds is 32. The van der Waals surface area contributed by atoms with Gasteiger partial charge in [0.15, 0.2) is 0 Å². The van der Waals surface area contributed by atoms with E-state index in [1.165, 1.54) is 52.4 Å². The Hall–Kier alpha value is 4.55. The molecule has 0 aromatic rings. The molecule has 3 aliphatic rings. The van der Waals surface area contributed by atoms with E-state index in [0.717, 1.165) is 0 Å². The molecule has 2 bridgehead atoms. The summed E-state index contributed by atoms with van der Waals surface area (Å²) < 4.78 is 171. The van der Waals surface area contributed by atoms with Crippen molar-refractivity contribution in [3.8, 4) is 0 Å². The van der Waals surface area contributed by atoms with Crippen LogP contribution < -0.4 is 0 Å². The minimum absolute atomic E-state index is 0.974. The average molecular weight is 1760 g/mol. The molecule has 79 heteroatoms. The van der Waals surface area contributed by atoms with Crippen LogP contribution in [0.2, 0.25) is 52.4 Å². The molecule has 3 rings (SSSR count). The first-order chi connectivity index (χ1) is 40.7. The Morgan fingerprint density at radius 2 is 0.655 bits per heavy atom. The molecular formula is C8H41O49Si30. The molecule has 0 aromatic heterocycles. The van der Waals surface area contributed by atoms with E-state index in [1.807, 2.05) is 0 Å². The molecule has 31 radical (unpaired) electrons. The van der Waals surface area contributed by atoms with E-state index >= 15 is 0 Å². The third-order valence-corrected chi connectivity index (χ3v) is 55.8. The van der Waals surface area contributed by atoms with Crippen molar-refractivity contribution in [2.24, 2.45) is 0 Å². The van der Waals surface area contributed by atoms with Crippen LogP contribution in [0.3, 0.4) is 0 Å². The van der Waals surface area contributed by atoms with Crippen LogP contribution >= 0.6 is 0 Å². The summed E-state index contributed by atoms with van der Waals surface area (Å²) in [5, 5.41) is 0. The molecule has 3 aliphatic heterocycles. The molecule has 49 nitrogen and oxygen atoms in total. The first-order valence-electron chi connectivity index (χ1n) is 20.9. The maximum absolute atomic E-state index is 10.9. The van der Waals surface area contributed by atoms with Crippen LogP contribution in [0.5, 0.6) is 0 Å². The quantitative estimate of drug-likeness (QED) is 0.0278. The minimum atomic E-state index is -3.77. The molecule has 17 N–H and O–H groups in total. The molecule has 0 saturated carbocycles. The van der Waals surface area contributed by atoms with E-state index in [9.17, 15) is 81.5 Å². The van der Waals surface area contributed by atoms with Gasteiger partial charge in [0, 0.05) is 0 Å². The lowest BCUT2D eigenvalue weighted by molar-refractivity contribution is 0.112. The van der Waals surface area contributed by atoms with Gasteiger partial charge in [-0.2, -0.15) is 0 Å². The van der Waals surface area contributed by atoms with Crippen molar-refractivity contribution < 1.29 is 213 Å². The molecule has 3 heterocycles. The van der Waals surface area contributed by atoms with Crippen molar-refractivity contribution in [2.45, 2.75) is 52.4 Å². The third-order valence-electron chi connectivity index (χ3n) is 6.20. The van der Waals surface area contributed by atoms with Gasteiger partial charge in [-0.25, -0.2) is 0 Å². The van der Waals surface area contributed by atoms with Gasteiger partial charge >= 0.3 is 284 Å². The van der Waals surface area contributed by atoms with Gasteiger partial charge in [-0.3, -0.25) is 0 Å². The van der Waals surface area contributed by atoms with E-state index in [2.05, 4.69) is 4.12 Å². The predicted molar refractivity (Wildman–Crippen MR) is 292 cm³/mol. The average Bonchev–Trinajstić information content (AvgIpc) is 3.48. The highest BCUT2D eigenvalue weighted by Gasteiger charge is 2.51. The van der Waals surface area contributed by atoms with Crippen molar-refractivity contribution in [1.29, 1.82) is 0 Å². The zero-order valence-electron chi connectivity index (χ0n) is 43.7. The summed E-state index contributed by atoms with van der Waals surface area (Å²) >= 11 is 0. The summed E-state index contributed by atoms with van der Waals surface area (Å²) in [4.78, 5) is 171. The van der Waals surface area contributed by atoms with Crippen molar-refractivity contribution in [3.63, 3.8) is 0 Å². The highest BCUT2D eigenvalue weighted by molar-refractivity contribution is 6.77. The van der Waals surface area contributed by atoms with Gasteiger partial charge in [0.25, 0.3) is 0 Å². The third kappa shape index (κ3) is 41.7. The van der Waals surface area contributed by atoms with Crippen molar-refractivity contribution >= 4 is 284 Å². The smallest absolute Gasteiger partial charge is 0.414 e. The SMILES string of the molecule is C[Si](O)O[Si](O)O[Si](C)O[Si]1O[Si](C)O[Si](O)O[Si]2O[Si](O)O[Si](O)O[Si](O[Si](O)O[Si](C)O[Si](O)O[Si]O[Si](C)O[Si](C)O[Si](O)O[Si]3O[Si](O[Si](C)O)O[Si](C)O[Si](O[Si](O)O)O[Si](O[Si](O)O[Si](O)O)O[Si](O[Si](O)O)O3)O[Si](O)O[Si](O1)O2. The summed E-state index contributed by atoms with van der Waals surface area (Å²) in [6.45, 7) is 10.7. The normalized spacial score (nSPS) is 21.3. The predicted octanol–water partition coefficient (Wildman–Crippen LogP) is -18.4. The van der Waals surface area contributed by atoms with Crippen LogP contribution in [-0.2, 0) is 132 Å². The second kappa shape index (κ2) is 46.8. The molecule has 0 aliphatic carbocycles. The van der Waals surface area contributed by atoms with Gasteiger partial charge in [0.2, 0.25) is 0 Å². The molecule has 0 atom stereocenters. The van der Waals surface area contributed by atoms with Gasteiger partial charge in [-0.15, -0.1) is 0 Å². The Morgan fingerprint density at radius 3 is 1.15 bits per heavy atom. The molecule has 3 saturated heterocycles. The van der Waals surface area contributed by atoms with E-state index in [0.29, 0.717) is 0 Å². The van der Waals surface area contributed by atoms with Crippen LogP contribution in [0.4, 0.5) is 0 Å². The summed E-state index contributed by atoms with van der Waals surface area (Å²) in [6.07, 6.45) is 0. The Kier molecular flexibility index (Phi) is 46.1. The number of fused-ring (bicyclic) bond motifs is 2. The lowest BCUT2D eigenvalue weighted by Crippen LogP contribution is -2.56. The van der Waals surface area contributed by atoms with E-state index < -0.39 is 284 Å². The molecule has 0 unspecified atom stereocenters. The first-order valence-corrected chi connectivity index (χ1v) is 62.6. The Balaban J connectivity index is 1.58. The van der Waals surface area contributed by atoms with Crippen molar-refractivity contribution in [2.75, 3.05) is 0 Å². The van der Waals surface area contributed by atoms with Crippen LogP contribution in [-0.4, -0.2) is 366 Å². The molecule has 487 valence electrons. The molecule has 3 fully saturated rings. The Bertz CT molecular complexity index is 1760. The second-order valence-corrected chi connectivity index (χ2v) is 58.1. The Morgan fingerprint density at radius 1 is 0.276 bits per heavy atom. The second-order valence-electron chi connectivity index (χ2n) is 12.8. The van der Waals surface area contributed by atoms with Gasteiger partial charge in [0.05, 0.1) is 0 Å². The Labute approximate surface area is 545 Å². The van der Waals surface area contributed by atoms with Crippen LogP contribution in [0.15, 0.2) is 0 Å². The fourth-order valence-electron chi connectivity index (χ4n) is 3.80. The van der Waals surface area contributed by atoms with Gasteiger partial charge in [0.1, 0.15) is 0 Å². The number of hydrogen-bond donors (Lipinski definition) is 17. The molecule has 87 heavy (non-hydrogen) atoms. The highest BCUT2D eigenvalue weighted by atomic mass is 28.6. The summed E-state index contributed by atoms with van der Waals surface area (Å²) in [5.41, 5.74) is 0. The highest BCUT2D eigenvalue weighted by Crippen LogP contribution is 2.17. The van der Waals surface area contributed by atoms with Gasteiger partial charge in [-0.05, 0) is 52.4 Å². The maximum Gasteiger partial charge on any atom is 0.563 e. The van der Waals surface area contributed by atoms with Crippen LogP contribution in [0.1, 0.15) is 0 Å². The first kappa shape index (κ1) is 85.8. The zero-order valence-corrected chi connectivity index (χ0v) is 73.7. The van der Waals surface area contributed by atoms with Crippen LogP contribution in [0.25, 0.3) is 0 Å². The van der Waals surface area contributed by atoms with E-state index in [1.54, 1.807) is 0 Å².